The smallest absolute Gasteiger partial charge is 0.427 e. The van der Waals surface area contributed by atoms with E-state index in [1.165, 1.54) is 18.2 Å². The molecule has 15 heteroatoms. The standard InChI is InChI=1S/C25H28F4N4O6S/c1-24(2,25(27,28)29)39-23(35)32-17-8-11-21-20(12-17)33(40(36,37)19-9-6-15(26)7-10-19)14-18(38-21)13-30-22(34)31-16-4-3-5-16/h6-12,16,18H,3-5,13-14H2,1-2H3,(H,32,35)(H2,30,31,34). The number of sulfonamides is 1. The molecule has 2 aliphatic rings. The lowest BCUT2D eigenvalue weighted by Crippen LogP contribution is -2.51. The Kier molecular flexibility index (Phi) is 8.06. The first-order chi connectivity index (χ1) is 18.7. The van der Waals surface area contributed by atoms with Gasteiger partial charge in [-0.05, 0) is 75.6 Å². The van der Waals surface area contributed by atoms with E-state index < -0.39 is 45.8 Å². The number of ether oxygens (including phenoxy) is 2. The number of nitrogens with one attached hydrogen (secondary N) is 3. The van der Waals surface area contributed by atoms with Gasteiger partial charge in [-0.25, -0.2) is 22.4 Å². The summed E-state index contributed by atoms with van der Waals surface area (Å²) in [6.45, 7) is 1.05. The van der Waals surface area contributed by atoms with Gasteiger partial charge in [-0.1, -0.05) is 0 Å². The third-order valence-corrected chi connectivity index (χ3v) is 8.29. The number of fused-ring (bicyclic) bond motifs is 1. The number of anilines is 2. The van der Waals surface area contributed by atoms with Crippen molar-refractivity contribution in [2.24, 2.45) is 0 Å². The first kappa shape index (κ1) is 29.2. The van der Waals surface area contributed by atoms with E-state index in [1.54, 1.807) is 0 Å². The van der Waals surface area contributed by atoms with Gasteiger partial charge in [0.1, 0.15) is 17.7 Å². The number of halogens is 4. The Labute approximate surface area is 228 Å². The first-order valence-electron chi connectivity index (χ1n) is 12.4. The highest BCUT2D eigenvalue weighted by Gasteiger charge is 2.51. The number of rotatable bonds is 7. The molecular weight excluding hydrogens is 560 g/mol. The van der Waals surface area contributed by atoms with Crippen LogP contribution in [0.15, 0.2) is 47.4 Å². The summed E-state index contributed by atoms with van der Waals surface area (Å²) in [6, 6.07) is 7.61. The lowest BCUT2D eigenvalue weighted by molar-refractivity contribution is -0.242. The van der Waals surface area contributed by atoms with Crippen LogP contribution in [0.1, 0.15) is 33.1 Å². The van der Waals surface area contributed by atoms with Gasteiger partial charge >= 0.3 is 18.3 Å². The Morgan fingerprint density at radius 3 is 2.38 bits per heavy atom. The largest absolute Gasteiger partial charge is 0.484 e. The SMILES string of the molecule is CC(C)(OC(=O)Nc1ccc2c(c1)N(S(=O)(=O)c1ccc(F)cc1)CC(CNC(=O)NC1CCC1)O2)C(F)(F)F. The van der Waals surface area contributed by atoms with Gasteiger partial charge in [-0.15, -0.1) is 0 Å². The number of alkyl halides is 3. The molecule has 10 nitrogen and oxygen atoms in total. The monoisotopic (exact) mass is 588 g/mol. The van der Waals surface area contributed by atoms with E-state index in [1.807, 2.05) is 0 Å². The molecule has 0 radical (unpaired) electrons. The van der Waals surface area contributed by atoms with Crippen molar-refractivity contribution in [1.82, 2.24) is 10.6 Å². The van der Waals surface area contributed by atoms with Crippen LogP contribution in [-0.4, -0.2) is 57.6 Å². The Morgan fingerprint density at radius 1 is 1.10 bits per heavy atom. The number of benzene rings is 2. The van der Waals surface area contributed by atoms with Crippen LogP contribution in [0.2, 0.25) is 0 Å². The molecule has 2 aromatic carbocycles. The topological polar surface area (TPSA) is 126 Å². The second-order valence-corrected chi connectivity index (χ2v) is 11.8. The van der Waals surface area contributed by atoms with Gasteiger partial charge in [-0.2, -0.15) is 13.2 Å². The van der Waals surface area contributed by atoms with Gasteiger partial charge in [0.15, 0.2) is 0 Å². The molecule has 1 heterocycles. The second-order valence-electron chi connectivity index (χ2n) is 9.92. The predicted molar refractivity (Wildman–Crippen MR) is 136 cm³/mol. The van der Waals surface area contributed by atoms with Crippen molar-refractivity contribution in [3.63, 3.8) is 0 Å². The molecule has 1 saturated carbocycles. The fourth-order valence-corrected chi connectivity index (χ4v) is 5.38. The van der Waals surface area contributed by atoms with Crippen LogP contribution in [-0.2, 0) is 14.8 Å². The number of carbonyl (C=O) groups excluding carboxylic acids is 2. The first-order valence-corrected chi connectivity index (χ1v) is 13.8. The summed E-state index contributed by atoms with van der Waals surface area (Å²) in [5.74, 6) is -0.578. The summed E-state index contributed by atoms with van der Waals surface area (Å²) in [6.07, 6.45) is -4.29. The van der Waals surface area contributed by atoms with Crippen molar-refractivity contribution in [2.45, 2.75) is 61.9 Å². The molecule has 4 rings (SSSR count). The van der Waals surface area contributed by atoms with Crippen LogP contribution >= 0.6 is 0 Å². The van der Waals surface area contributed by atoms with Gasteiger partial charge in [0, 0.05) is 11.7 Å². The fourth-order valence-electron chi connectivity index (χ4n) is 3.89. The van der Waals surface area contributed by atoms with Crippen LogP contribution < -0.4 is 25.0 Å². The van der Waals surface area contributed by atoms with Crippen LogP contribution in [0.25, 0.3) is 0 Å². The summed E-state index contributed by atoms with van der Waals surface area (Å²) in [4.78, 5) is 24.2. The highest BCUT2D eigenvalue weighted by atomic mass is 32.2. The van der Waals surface area contributed by atoms with Crippen molar-refractivity contribution in [1.29, 1.82) is 0 Å². The van der Waals surface area contributed by atoms with E-state index >= 15 is 0 Å². The molecule has 1 aliphatic carbocycles. The molecule has 1 fully saturated rings. The summed E-state index contributed by atoms with van der Waals surface area (Å²) in [5.41, 5.74) is -2.88. The predicted octanol–water partition coefficient (Wildman–Crippen LogP) is 4.52. The van der Waals surface area contributed by atoms with Gasteiger partial charge in [-0.3, -0.25) is 9.62 Å². The van der Waals surface area contributed by atoms with E-state index in [-0.39, 0.29) is 41.2 Å². The molecule has 1 atom stereocenters. The summed E-state index contributed by atoms with van der Waals surface area (Å²) < 4.78 is 91.3. The Balaban J connectivity index is 1.58. The highest BCUT2D eigenvalue weighted by molar-refractivity contribution is 7.92. The quantitative estimate of drug-likeness (QED) is 0.409. The minimum absolute atomic E-state index is 0.0348. The third kappa shape index (κ3) is 6.51. The Hall–Kier alpha value is -3.75. The maximum atomic E-state index is 13.6. The minimum atomic E-state index is -4.83. The van der Waals surface area contributed by atoms with E-state index in [2.05, 4.69) is 20.7 Å². The molecule has 40 heavy (non-hydrogen) atoms. The molecule has 0 bridgehead atoms. The number of hydrogen-bond acceptors (Lipinski definition) is 6. The van der Waals surface area contributed by atoms with Crippen LogP contribution in [0, 0.1) is 5.82 Å². The van der Waals surface area contributed by atoms with Crippen molar-refractivity contribution < 1.29 is 45.0 Å². The van der Waals surface area contributed by atoms with Gasteiger partial charge in [0.25, 0.3) is 10.0 Å². The zero-order valence-electron chi connectivity index (χ0n) is 21.5. The van der Waals surface area contributed by atoms with E-state index in [4.69, 9.17) is 4.74 Å². The number of urea groups is 1. The molecular formula is C25H28F4N4O6S. The lowest BCUT2D eigenvalue weighted by Gasteiger charge is -2.36. The molecule has 0 saturated heterocycles. The normalized spacial score (nSPS) is 17.6. The number of nitrogens with zero attached hydrogens (tertiary/aromatic N) is 1. The van der Waals surface area contributed by atoms with Gasteiger partial charge in [0.05, 0.1) is 23.7 Å². The Bertz CT molecular complexity index is 1360. The molecule has 2 aromatic rings. The second kappa shape index (κ2) is 11.0. The summed E-state index contributed by atoms with van der Waals surface area (Å²) in [7, 11) is -4.31. The zero-order valence-corrected chi connectivity index (χ0v) is 22.4. The van der Waals surface area contributed by atoms with Crippen molar-refractivity contribution in [2.75, 3.05) is 22.7 Å². The van der Waals surface area contributed by atoms with Crippen LogP contribution in [0.4, 0.5) is 38.5 Å². The van der Waals surface area contributed by atoms with Gasteiger partial charge in [0.2, 0.25) is 5.60 Å². The van der Waals surface area contributed by atoms with E-state index in [9.17, 15) is 35.6 Å². The average molecular weight is 589 g/mol. The van der Waals surface area contributed by atoms with Crippen molar-refractivity contribution in [3.05, 3.63) is 48.3 Å². The zero-order chi connectivity index (χ0) is 29.3. The average Bonchev–Trinajstić information content (AvgIpc) is 2.83. The fraction of sp³-hybridized carbons (Fsp3) is 0.440. The molecule has 3 amide bonds. The minimum Gasteiger partial charge on any atom is -0.484 e. The molecule has 3 N–H and O–H groups in total. The van der Waals surface area contributed by atoms with E-state index in [0.29, 0.717) is 13.8 Å². The maximum absolute atomic E-state index is 13.6. The molecule has 1 unspecified atom stereocenters. The molecule has 1 aliphatic heterocycles. The Morgan fingerprint density at radius 2 is 1.77 bits per heavy atom. The molecule has 0 aromatic heterocycles. The van der Waals surface area contributed by atoms with Crippen molar-refractivity contribution >= 4 is 33.5 Å². The number of carbonyl (C=O) groups is 2. The van der Waals surface area contributed by atoms with Gasteiger partial charge < -0.3 is 20.1 Å². The third-order valence-electron chi connectivity index (χ3n) is 6.50. The summed E-state index contributed by atoms with van der Waals surface area (Å²) >= 11 is 0. The number of amides is 3. The van der Waals surface area contributed by atoms with E-state index in [0.717, 1.165) is 47.8 Å². The highest BCUT2D eigenvalue weighted by Crippen LogP contribution is 2.39. The van der Waals surface area contributed by atoms with Crippen LogP contribution in [0.5, 0.6) is 5.75 Å². The lowest BCUT2D eigenvalue weighted by atomic mass is 9.93. The molecule has 0 spiro atoms. The maximum Gasteiger partial charge on any atom is 0.427 e. The van der Waals surface area contributed by atoms with Crippen molar-refractivity contribution in [3.8, 4) is 5.75 Å². The van der Waals surface area contributed by atoms with Crippen LogP contribution in [0.3, 0.4) is 0 Å². The summed E-state index contributed by atoms with van der Waals surface area (Å²) in [5, 5.41) is 7.63. The number of hydrogen-bond donors (Lipinski definition) is 3. The molecule has 218 valence electrons.